The lowest BCUT2D eigenvalue weighted by atomic mass is 10.2. The Morgan fingerprint density at radius 3 is 2.27 bits per heavy atom. The molecule has 0 radical (unpaired) electrons. The van der Waals surface area contributed by atoms with E-state index in [-0.39, 0.29) is 6.79 Å². The average Bonchev–Trinajstić information content (AvgIpc) is 2.05. The molecule has 0 atom stereocenters. The van der Waals surface area contributed by atoms with E-state index in [1.165, 1.54) is 14.2 Å². The van der Waals surface area contributed by atoms with Gasteiger partial charge in [0.2, 0.25) is 0 Å². The molecule has 0 N–H and O–H groups in total. The van der Waals surface area contributed by atoms with Gasteiger partial charge in [-0.3, -0.25) is 0 Å². The monoisotopic (exact) mass is 162 g/mol. The molecule has 0 fully saturated rings. The molecule has 11 heavy (non-hydrogen) atoms. The Labute approximate surface area is 67.9 Å². The smallest absolute Gasteiger partial charge is 0.389 e. The van der Waals surface area contributed by atoms with Crippen LogP contribution in [0.1, 0.15) is 13.3 Å². The van der Waals surface area contributed by atoms with Gasteiger partial charge in [0.1, 0.15) is 6.79 Å². The van der Waals surface area contributed by atoms with Crippen molar-refractivity contribution in [3.05, 3.63) is 0 Å². The van der Waals surface area contributed by atoms with Crippen LogP contribution in [0, 0.1) is 0 Å². The fraction of sp³-hybridized carbons (Fsp3) is 1.00. The summed E-state index contributed by atoms with van der Waals surface area (Å²) in [5.41, 5.74) is 0. The first-order valence-electron chi connectivity index (χ1n) is 3.60. The second kappa shape index (κ2) is 8.01. The molecular weight excluding hydrogens is 147 g/mol. The minimum Gasteiger partial charge on any atom is -0.389 e. The number of ether oxygens (including phenoxy) is 1. The second-order valence-corrected chi connectivity index (χ2v) is 1.95. The molecule has 5 heteroatoms. The van der Waals surface area contributed by atoms with Crippen molar-refractivity contribution in [1.82, 2.24) is 0 Å². The van der Waals surface area contributed by atoms with E-state index in [1.807, 2.05) is 6.92 Å². The lowest BCUT2D eigenvalue weighted by Crippen LogP contribution is -2.25. The summed E-state index contributed by atoms with van der Waals surface area (Å²) in [7, 11) is 2.40. The standard InChI is InChI=1S/C6H15BO4/c1-4-5-10-6-11-7(8-2)9-3/h4-6H2,1-3H3. The lowest BCUT2D eigenvalue weighted by molar-refractivity contribution is -0.0186. The summed E-state index contributed by atoms with van der Waals surface area (Å²) in [6, 6.07) is 0. The highest BCUT2D eigenvalue weighted by Gasteiger charge is 2.16. The zero-order valence-corrected chi connectivity index (χ0v) is 7.33. The third kappa shape index (κ3) is 6.31. The topological polar surface area (TPSA) is 36.9 Å². The van der Waals surface area contributed by atoms with Gasteiger partial charge in [0.05, 0.1) is 0 Å². The Morgan fingerprint density at radius 1 is 1.18 bits per heavy atom. The van der Waals surface area contributed by atoms with Gasteiger partial charge in [-0.25, -0.2) is 0 Å². The second-order valence-electron chi connectivity index (χ2n) is 1.95. The van der Waals surface area contributed by atoms with Gasteiger partial charge in [0, 0.05) is 20.8 Å². The Bertz CT molecular complexity index is 77.0. The van der Waals surface area contributed by atoms with E-state index in [9.17, 15) is 0 Å². The third-order valence-electron chi connectivity index (χ3n) is 1.02. The fourth-order valence-corrected chi connectivity index (χ4v) is 0.539. The maximum atomic E-state index is 5.03. The Kier molecular flexibility index (Phi) is 7.94. The number of rotatable bonds is 7. The van der Waals surface area contributed by atoms with Gasteiger partial charge in [0.25, 0.3) is 0 Å². The van der Waals surface area contributed by atoms with E-state index < -0.39 is 7.32 Å². The predicted octanol–water partition coefficient (Wildman–Crippen LogP) is 0.665. The van der Waals surface area contributed by atoms with Crippen LogP contribution in [-0.4, -0.2) is 34.9 Å². The van der Waals surface area contributed by atoms with Crippen LogP contribution in [0.4, 0.5) is 0 Å². The Hall–Kier alpha value is -0.0951. The van der Waals surface area contributed by atoms with E-state index in [0.717, 1.165) is 6.42 Å². The maximum Gasteiger partial charge on any atom is 0.640 e. The lowest BCUT2D eigenvalue weighted by Gasteiger charge is -2.08. The molecule has 0 saturated heterocycles. The summed E-state index contributed by atoms with van der Waals surface area (Å²) in [4.78, 5) is 0. The van der Waals surface area contributed by atoms with Crippen molar-refractivity contribution < 1.29 is 18.7 Å². The van der Waals surface area contributed by atoms with E-state index in [2.05, 4.69) is 0 Å². The van der Waals surface area contributed by atoms with Gasteiger partial charge in [-0.1, -0.05) is 6.92 Å². The van der Waals surface area contributed by atoms with Gasteiger partial charge < -0.3 is 18.7 Å². The molecule has 0 aliphatic carbocycles. The maximum absolute atomic E-state index is 5.03. The molecule has 0 spiro atoms. The van der Waals surface area contributed by atoms with Crippen molar-refractivity contribution in [3.63, 3.8) is 0 Å². The molecule has 0 amide bonds. The summed E-state index contributed by atoms with van der Waals surface area (Å²) in [5, 5.41) is 0. The first-order valence-corrected chi connectivity index (χ1v) is 3.60. The molecule has 0 aromatic heterocycles. The van der Waals surface area contributed by atoms with Crippen LogP contribution in [0.5, 0.6) is 0 Å². The first kappa shape index (κ1) is 10.9. The molecule has 0 unspecified atom stereocenters. The van der Waals surface area contributed by atoms with E-state index in [4.69, 9.17) is 18.7 Å². The summed E-state index contributed by atoms with van der Waals surface area (Å²) in [6.45, 7) is 2.93. The van der Waals surface area contributed by atoms with Crippen LogP contribution >= 0.6 is 0 Å². The molecule has 0 aromatic carbocycles. The van der Waals surface area contributed by atoms with E-state index in [1.54, 1.807) is 0 Å². The molecule has 0 aliphatic rings. The van der Waals surface area contributed by atoms with Gasteiger partial charge >= 0.3 is 7.32 Å². The molecule has 0 aliphatic heterocycles. The van der Waals surface area contributed by atoms with Crippen molar-refractivity contribution in [2.75, 3.05) is 27.6 Å². The molecule has 0 aromatic rings. The highest BCUT2D eigenvalue weighted by molar-refractivity contribution is 6.36. The van der Waals surface area contributed by atoms with E-state index in [0.29, 0.717) is 6.61 Å². The quantitative estimate of drug-likeness (QED) is 0.313. The van der Waals surface area contributed by atoms with Gasteiger partial charge in [-0.2, -0.15) is 0 Å². The first-order chi connectivity index (χ1) is 5.35. The highest BCUT2D eigenvalue weighted by atomic mass is 16.8. The molecular formula is C6H15BO4. The summed E-state index contributed by atoms with van der Waals surface area (Å²) >= 11 is 0. The normalized spacial score (nSPS) is 10.1. The molecule has 0 bridgehead atoms. The van der Waals surface area contributed by atoms with Crippen LogP contribution < -0.4 is 0 Å². The molecule has 0 heterocycles. The van der Waals surface area contributed by atoms with Crippen molar-refractivity contribution in [3.8, 4) is 0 Å². The van der Waals surface area contributed by atoms with Crippen LogP contribution in [-0.2, 0) is 18.7 Å². The minimum atomic E-state index is -0.619. The number of hydrogen-bond acceptors (Lipinski definition) is 4. The van der Waals surface area contributed by atoms with Crippen LogP contribution in [0.15, 0.2) is 0 Å². The average molecular weight is 162 g/mol. The number of hydrogen-bond donors (Lipinski definition) is 0. The largest absolute Gasteiger partial charge is 0.640 e. The Morgan fingerprint density at radius 2 is 1.82 bits per heavy atom. The SMILES string of the molecule is CCCOCOB(OC)OC. The summed E-state index contributed by atoms with van der Waals surface area (Å²) in [6.07, 6.45) is 0.980. The van der Waals surface area contributed by atoms with Crippen molar-refractivity contribution in [1.29, 1.82) is 0 Å². The van der Waals surface area contributed by atoms with Gasteiger partial charge in [-0.15, -0.1) is 0 Å². The minimum absolute atomic E-state index is 0.209. The zero-order valence-electron chi connectivity index (χ0n) is 7.33. The fourth-order valence-electron chi connectivity index (χ4n) is 0.539. The predicted molar refractivity (Wildman–Crippen MR) is 42.0 cm³/mol. The third-order valence-corrected chi connectivity index (χ3v) is 1.02. The molecule has 4 nitrogen and oxygen atoms in total. The summed E-state index contributed by atoms with van der Waals surface area (Å²) < 4.78 is 19.5. The van der Waals surface area contributed by atoms with Gasteiger partial charge in [-0.05, 0) is 6.42 Å². The molecule has 66 valence electrons. The van der Waals surface area contributed by atoms with Crippen LogP contribution in [0.25, 0.3) is 0 Å². The highest BCUT2D eigenvalue weighted by Crippen LogP contribution is 1.89. The van der Waals surface area contributed by atoms with Crippen LogP contribution in [0.2, 0.25) is 0 Å². The molecule has 0 rings (SSSR count). The van der Waals surface area contributed by atoms with Crippen molar-refractivity contribution in [2.24, 2.45) is 0 Å². The van der Waals surface area contributed by atoms with Crippen molar-refractivity contribution >= 4 is 7.32 Å². The zero-order chi connectivity index (χ0) is 8.53. The van der Waals surface area contributed by atoms with Gasteiger partial charge in [0.15, 0.2) is 0 Å². The summed E-state index contributed by atoms with van der Waals surface area (Å²) in [5.74, 6) is 0. The van der Waals surface area contributed by atoms with E-state index >= 15 is 0 Å². The Balaban J connectivity index is 3.07. The van der Waals surface area contributed by atoms with Crippen LogP contribution in [0.3, 0.4) is 0 Å². The van der Waals surface area contributed by atoms with Crippen molar-refractivity contribution in [2.45, 2.75) is 13.3 Å². The molecule has 0 saturated carbocycles.